The largest absolute Gasteiger partial charge is 0.457 e. The third-order valence-corrected chi connectivity index (χ3v) is 1.29. The molecular weight excluding hydrogens is 174 g/mol. The molecule has 0 aliphatic rings. The molecule has 0 bridgehead atoms. The molecule has 13 heavy (non-hydrogen) atoms. The van der Waals surface area contributed by atoms with Crippen molar-refractivity contribution >= 4 is 11.9 Å². The number of ether oxygens (including phenoxy) is 1. The Morgan fingerprint density at radius 2 is 2.31 bits per heavy atom. The molecule has 0 spiro atoms. The van der Waals surface area contributed by atoms with E-state index >= 15 is 0 Å². The quantitative estimate of drug-likeness (QED) is 0.527. The van der Waals surface area contributed by atoms with Gasteiger partial charge in [0.2, 0.25) is 5.76 Å². The molecule has 70 valence electrons. The Labute approximate surface area is 74.5 Å². The Balaban J connectivity index is 2.57. The summed E-state index contributed by atoms with van der Waals surface area (Å²) in [5.74, 6) is -1.62. The van der Waals surface area contributed by atoms with E-state index in [1.807, 2.05) is 0 Å². The van der Waals surface area contributed by atoms with Crippen molar-refractivity contribution in [2.75, 3.05) is 0 Å². The summed E-state index contributed by atoms with van der Waals surface area (Å²) in [7, 11) is 0. The maximum atomic E-state index is 11.0. The van der Waals surface area contributed by atoms with E-state index in [-0.39, 0.29) is 5.76 Å². The lowest BCUT2D eigenvalue weighted by atomic mass is 10.4. The fourth-order valence-electron chi connectivity index (χ4n) is 0.629. The second-order valence-electron chi connectivity index (χ2n) is 2.47. The Kier molecular flexibility index (Phi) is 2.81. The molecule has 0 fully saturated rings. The van der Waals surface area contributed by atoms with Crippen LogP contribution in [0.15, 0.2) is 22.8 Å². The molecule has 1 heterocycles. The molecular formula is C8H9NO4. The van der Waals surface area contributed by atoms with Gasteiger partial charge in [0.15, 0.2) is 0 Å². The van der Waals surface area contributed by atoms with Crippen LogP contribution < -0.4 is 5.73 Å². The molecule has 0 saturated heterocycles. The zero-order valence-corrected chi connectivity index (χ0v) is 7.02. The second kappa shape index (κ2) is 3.86. The second-order valence-corrected chi connectivity index (χ2v) is 2.47. The monoisotopic (exact) mass is 183 g/mol. The molecule has 1 aromatic rings. The summed E-state index contributed by atoms with van der Waals surface area (Å²) in [5.41, 5.74) is 5.18. The van der Waals surface area contributed by atoms with Crippen LogP contribution in [0.1, 0.15) is 17.5 Å². The molecule has 5 heteroatoms. The number of nitrogens with two attached hydrogens (primary N) is 1. The van der Waals surface area contributed by atoms with Crippen molar-refractivity contribution in [2.45, 2.75) is 13.0 Å². The van der Waals surface area contributed by atoms with Crippen LogP contribution >= 0.6 is 0 Å². The van der Waals surface area contributed by atoms with Gasteiger partial charge in [-0.3, -0.25) is 0 Å². The molecule has 1 aromatic heterocycles. The first-order chi connectivity index (χ1) is 6.11. The summed E-state index contributed by atoms with van der Waals surface area (Å²) in [5, 5.41) is 0. The molecule has 0 aliphatic carbocycles. The Morgan fingerprint density at radius 1 is 1.62 bits per heavy atom. The first kappa shape index (κ1) is 9.47. The van der Waals surface area contributed by atoms with Gasteiger partial charge in [0.1, 0.15) is 6.04 Å². The van der Waals surface area contributed by atoms with E-state index in [1.54, 1.807) is 0 Å². The summed E-state index contributed by atoms with van der Waals surface area (Å²) in [6.45, 7) is 1.43. The summed E-state index contributed by atoms with van der Waals surface area (Å²) < 4.78 is 9.07. The van der Waals surface area contributed by atoms with Crippen LogP contribution in [0.5, 0.6) is 0 Å². The van der Waals surface area contributed by atoms with Crippen LogP contribution in [0.25, 0.3) is 0 Å². The zero-order valence-electron chi connectivity index (χ0n) is 7.02. The van der Waals surface area contributed by atoms with E-state index in [0.29, 0.717) is 0 Å². The predicted octanol–water partition coefficient (Wildman–Crippen LogP) is 0.310. The minimum Gasteiger partial charge on any atom is -0.457 e. The van der Waals surface area contributed by atoms with Gasteiger partial charge in [-0.05, 0) is 19.1 Å². The molecule has 0 aromatic carbocycles. The van der Waals surface area contributed by atoms with Crippen molar-refractivity contribution in [3.05, 3.63) is 24.2 Å². The average Bonchev–Trinajstić information content (AvgIpc) is 2.55. The summed E-state index contributed by atoms with van der Waals surface area (Å²) in [6.07, 6.45) is 1.31. The van der Waals surface area contributed by atoms with Crippen LogP contribution in [0.2, 0.25) is 0 Å². The Bertz CT molecular complexity index is 302. The Morgan fingerprint density at radius 3 is 2.77 bits per heavy atom. The molecule has 0 aliphatic heterocycles. The summed E-state index contributed by atoms with van der Waals surface area (Å²) in [6, 6.07) is 2.10. The Hall–Kier alpha value is -1.62. The molecule has 2 N–H and O–H groups in total. The van der Waals surface area contributed by atoms with E-state index in [0.717, 1.165) is 0 Å². The lowest BCUT2D eigenvalue weighted by molar-refractivity contribution is -0.139. The minimum absolute atomic E-state index is 0.0194. The summed E-state index contributed by atoms with van der Waals surface area (Å²) >= 11 is 0. The van der Waals surface area contributed by atoms with Gasteiger partial charge in [-0.25, -0.2) is 9.59 Å². The predicted molar refractivity (Wildman–Crippen MR) is 42.8 cm³/mol. The highest BCUT2D eigenvalue weighted by Gasteiger charge is 2.17. The molecule has 1 atom stereocenters. The van der Waals surface area contributed by atoms with Gasteiger partial charge in [0.25, 0.3) is 0 Å². The summed E-state index contributed by atoms with van der Waals surface area (Å²) in [4.78, 5) is 21.9. The number of rotatable bonds is 2. The standard InChI is InChI=1S/C8H9NO4/c1-5(9)7(10)13-8(11)6-3-2-4-12-6/h2-5H,9H2,1H3/t5-/m0/s1. The van der Waals surface area contributed by atoms with E-state index in [2.05, 4.69) is 4.74 Å². The van der Waals surface area contributed by atoms with Crippen LogP contribution in [0, 0.1) is 0 Å². The van der Waals surface area contributed by atoms with Crippen molar-refractivity contribution in [3.8, 4) is 0 Å². The van der Waals surface area contributed by atoms with E-state index in [1.165, 1.54) is 25.3 Å². The molecule has 0 unspecified atom stereocenters. The molecule has 1 rings (SSSR count). The third kappa shape index (κ3) is 2.41. The minimum atomic E-state index is -0.827. The van der Waals surface area contributed by atoms with Gasteiger partial charge in [-0.15, -0.1) is 0 Å². The SMILES string of the molecule is C[C@H](N)C(=O)OC(=O)c1ccco1. The number of esters is 2. The van der Waals surface area contributed by atoms with Crippen LogP contribution in [0.4, 0.5) is 0 Å². The molecule has 0 radical (unpaired) electrons. The number of carbonyl (C=O) groups excluding carboxylic acids is 2. The van der Waals surface area contributed by atoms with Crippen molar-refractivity contribution in [3.63, 3.8) is 0 Å². The van der Waals surface area contributed by atoms with E-state index in [4.69, 9.17) is 10.2 Å². The lowest BCUT2D eigenvalue weighted by Gasteiger charge is -2.02. The highest BCUT2D eigenvalue weighted by Crippen LogP contribution is 2.02. The maximum Gasteiger partial charge on any atom is 0.381 e. The first-order valence-corrected chi connectivity index (χ1v) is 3.66. The topological polar surface area (TPSA) is 82.5 Å². The number of furan rings is 1. The fraction of sp³-hybridized carbons (Fsp3) is 0.250. The van der Waals surface area contributed by atoms with Crippen molar-refractivity contribution in [1.29, 1.82) is 0 Å². The first-order valence-electron chi connectivity index (χ1n) is 3.66. The van der Waals surface area contributed by atoms with Crippen molar-refractivity contribution in [1.82, 2.24) is 0 Å². The normalized spacial score (nSPS) is 12.2. The van der Waals surface area contributed by atoms with E-state index < -0.39 is 18.0 Å². The van der Waals surface area contributed by atoms with Gasteiger partial charge >= 0.3 is 11.9 Å². The lowest BCUT2D eigenvalue weighted by Crippen LogP contribution is -2.30. The molecule has 0 saturated carbocycles. The number of hydrogen-bond acceptors (Lipinski definition) is 5. The smallest absolute Gasteiger partial charge is 0.381 e. The van der Waals surface area contributed by atoms with Crippen LogP contribution in [0.3, 0.4) is 0 Å². The number of hydrogen-bond donors (Lipinski definition) is 1. The third-order valence-electron chi connectivity index (χ3n) is 1.29. The van der Waals surface area contributed by atoms with E-state index in [9.17, 15) is 9.59 Å². The van der Waals surface area contributed by atoms with Crippen LogP contribution in [-0.2, 0) is 9.53 Å². The van der Waals surface area contributed by atoms with Crippen LogP contribution in [-0.4, -0.2) is 18.0 Å². The van der Waals surface area contributed by atoms with Gasteiger partial charge < -0.3 is 14.9 Å². The number of carbonyl (C=O) groups is 2. The fourth-order valence-corrected chi connectivity index (χ4v) is 0.629. The van der Waals surface area contributed by atoms with Crippen molar-refractivity contribution < 1.29 is 18.7 Å². The molecule has 0 amide bonds. The van der Waals surface area contributed by atoms with Gasteiger partial charge in [-0.2, -0.15) is 0 Å². The van der Waals surface area contributed by atoms with Gasteiger partial charge in [0.05, 0.1) is 6.26 Å². The highest BCUT2D eigenvalue weighted by molar-refractivity contribution is 5.96. The average molecular weight is 183 g/mol. The zero-order chi connectivity index (χ0) is 9.84. The van der Waals surface area contributed by atoms with Gasteiger partial charge in [-0.1, -0.05) is 0 Å². The van der Waals surface area contributed by atoms with Gasteiger partial charge in [0, 0.05) is 0 Å². The molecule has 5 nitrogen and oxygen atoms in total. The highest BCUT2D eigenvalue weighted by atomic mass is 16.6. The maximum absolute atomic E-state index is 11.0. The van der Waals surface area contributed by atoms with Crippen molar-refractivity contribution in [2.24, 2.45) is 5.73 Å².